The molecular formula is C33H64O4S4. The van der Waals surface area contributed by atoms with E-state index < -0.39 is 0 Å². The quantitative estimate of drug-likeness (QED) is 0.0690. The molecule has 0 amide bonds. The molecule has 0 radical (unpaired) electrons. The van der Waals surface area contributed by atoms with Crippen molar-refractivity contribution in [2.24, 2.45) is 0 Å². The molecule has 4 nitrogen and oxygen atoms in total. The minimum Gasteiger partial charge on any atom is -0.393 e. The molecule has 2 saturated heterocycles. The molecular weight excluding hydrogens is 589 g/mol. The van der Waals surface area contributed by atoms with Crippen molar-refractivity contribution in [3.05, 3.63) is 0 Å². The summed E-state index contributed by atoms with van der Waals surface area (Å²) in [6.45, 7) is 4.41. The van der Waals surface area contributed by atoms with E-state index in [1.54, 1.807) is 0 Å². The Labute approximate surface area is 270 Å². The fraction of sp³-hybridized carbons (Fsp3) is 1.00. The van der Waals surface area contributed by atoms with Gasteiger partial charge in [0, 0.05) is 23.0 Å². The van der Waals surface area contributed by atoms with Crippen LogP contribution in [-0.4, -0.2) is 76.0 Å². The first-order chi connectivity index (χ1) is 19.8. The summed E-state index contributed by atoms with van der Waals surface area (Å²) >= 11 is 7.87. The lowest BCUT2D eigenvalue weighted by Gasteiger charge is -2.32. The van der Waals surface area contributed by atoms with E-state index in [0.717, 1.165) is 100 Å². The van der Waals surface area contributed by atoms with Crippen molar-refractivity contribution in [1.82, 2.24) is 0 Å². The lowest BCUT2D eigenvalue weighted by atomic mass is 9.99. The van der Waals surface area contributed by atoms with E-state index in [4.69, 9.17) is 0 Å². The third-order valence-electron chi connectivity index (χ3n) is 8.67. The molecule has 0 aromatic carbocycles. The fourth-order valence-corrected chi connectivity index (χ4v) is 13.3. The number of hydrogen-bond donors (Lipinski definition) is 4. The third kappa shape index (κ3) is 16.9. The van der Waals surface area contributed by atoms with Crippen LogP contribution in [0.25, 0.3) is 0 Å². The molecule has 2 rings (SSSR count). The van der Waals surface area contributed by atoms with Gasteiger partial charge >= 0.3 is 0 Å². The molecule has 8 heteroatoms. The summed E-state index contributed by atoms with van der Waals surface area (Å²) in [5, 5.41) is 42.8. The first-order valence-corrected chi connectivity index (χ1v) is 21.0. The monoisotopic (exact) mass is 652 g/mol. The van der Waals surface area contributed by atoms with Crippen LogP contribution < -0.4 is 0 Å². The summed E-state index contributed by atoms with van der Waals surface area (Å²) in [5.74, 6) is 4.54. The lowest BCUT2D eigenvalue weighted by Crippen LogP contribution is -2.29. The van der Waals surface area contributed by atoms with Crippen LogP contribution in [0.4, 0.5) is 0 Å². The number of aliphatic hydroxyl groups is 4. The molecule has 2 aliphatic heterocycles. The minimum atomic E-state index is -0.255. The molecule has 0 bridgehead atoms. The van der Waals surface area contributed by atoms with Crippen LogP contribution in [0, 0.1) is 0 Å². The number of rotatable bonds is 26. The molecule has 4 unspecified atom stereocenters. The topological polar surface area (TPSA) is 80.9 Å². The van der Waals surface area contributed by atoms with Gasteiger partial charge in [0.1, 0.15) is 0 Å². The van der Waals surface area contributed by atoms with Gasteiger partial charge < -0.3 is 20.4 Å². The molecule has 0 aromatic heterocycles. The first-order valence-electron chi connectivity index (χ1n) is 17.1. The maximum absolute atomic E-state index is 10.8. The first kappa shape index (κ1) is 38.4. The standard InChI is InChI=1S/C33H64O4S4/c1-3-5-12-16-28(34)24-32(38-20-21-39-32)26-30(36)18-14-10-8-7-9-11-15-19-31(37)27-33(40-22-23-41-33)25-29(35)17-13-6-4-2/h28-31,34-37H,3-27H2,1-2H3. The summed E-state index contributed by atoms with van der Waals surface area (Å²) in [6, 6.07) is 0. The summed E-state index contributed by atoms with van der Waals surface area (Å²) in [6.07, 6.45) is 21.1. The second kappa shape index (κ2) is 22.7. The van der Waals surface area contributed by atoms with Crippen LogP contribution in [0.5, 0.6) is 0 Å². The Balaban J connectivity index is 1.52. The molecule has 244 valence electrons. The van der Waals surface area contributed by atoms with E-state index in [1.165, 1.54) is 57.8 Å². The number of unbranched alkanes of at least 4 members (excludes halogenated alkanes) is 10. The second-order valence-electron chi connectivity index (χ2n) is 12.7. The average Bonchev–Trinajstić information content (AvgIpc) is 3.57. The van der Waals surface area contributed by atoms with Gasteiger partial charge in [-0.25, -0.2) is 0 Å². The van der Waals surface area contributed by atoms with E-state index in [2.05, 4.69) is 13.8 Å². The van der Waals surface area contributed by atoms with Crippen LogP contribution in [0.1, 0.15) is 149 Å². The molecule has 4 atom stereocenters. The van der Waals surface area contributed by atoms with Crippen molar-refractivity contribution in [2.45, 2.75) is 181 Å². The summed E-state index contributed by atoms with van der Waals surface area (Å²) in [4.78, 5) is 0. The van der Waals surface area contributed by atoms with Crippen LogP contribution in [0.3, 0.4) is 0 Å². The number of thioether (sulfide) groups is 4. The van der Waals surface area contributed by atoms with E-state index in [0.29, 0.717) is 0 Å². The van der Waals surface area contributed by atoms with Gasteiger partial charge in [-0.05, 0) is 51.4 Å². The molecule has 2 fully saturated rings. The van der Waals surface area contributed by atoms with Crippen molar-refractivity contribution >= 4 is 47.0 Å². The zero-order valence-electron chi connectivity index (χ0n) is 26.4. The van der Waals surface area contributed by atoms with Crippen molar-refractivity contribution in [3.63, 3.8) is 0 Å². The molecule has 0 spiro atoms. The third-order valence-corrected chi connectivity index (χ3v) is 15.7. The number of hydrogen-bond acceptors (Lipinski definition) is 8. The zero-order chi connectivity index (χ0) is 29.8. The summed E-state index contributed by atoms with van der Waals surface area (Å²) in [7, 11) is 0. The highest BCUT2D eigenvalue weighted by Gasteiger charge is 2.40. The van der Waals surface area contributed by atoms with Gasteiger partial charge in [-0.1, -0.05) is 97.3 Å². The maximum atomic E-state index is 10.8. The highest BCUT2D eigenvalue weighted by molar-refractivity contribution is 8.21. The zero-order valence-corrected chi connectivity index (χ0v) is 29.7. The van der Waals surface area contributed by atoms with Crippen LogP contribution in [0.15, 0.2) is 0 Å². The SMILES string of the molecule is CCCCCC(O)CC1(CC(O)CCCCCCCCCC(O)CC2(CC(O)CCCCC)SCCS2)SCCS1. The normalized spacial score (nSPS) is 21.2. The Morgan fingerprint density at radius 3 is 0.927 bits per heavy atom. The van der Waals surface area contributed by atoms with Crippen LogP contribution in [-0.2, 0) is 0 Å². The van der Waals surface area contributed by atoms with Gasteiger partial charge in [-0.3, -0.25) is 0 Å². The number of aliphatic hydroxyl groups excluding tert-OH is 4. The van der Waals surface area contributed by atoms with Crippen molar-refractivity contribution in [1.29, 1.82) is 0 Å². The minimum absolute atomic E-state index is 0.0127. The van der Waals surface area contributed by atoms with Crippen molar-refractivity contribution < 1.29 is 20.4 Å². The summed E-state index contributed by atoms with van der Waals surface area (Å²) < 4.78 is 0.0255. The molecule has 2 aliphatic rings. The second-order valence-corrected chi connectivity index (χ2v) is 19.1. The molecule has 0 saturated carbocycles. The van der Waals surface area contributed by atoms with E-state index in [9.17, 15) is 20.4 Å². The molecule has 41 heavy (non-hydrogen) atoms. The van der Waals surface area contributed by atoms with Crippen LogP contribution in [0.2, 0.25) is 0 Å². The Morgan fingerprint density at radius 1 is 0.415 bits per heavy atom. The van der Waals surface area contributed by atoms with Gasteiger partial charge in [0.05, 0.1) is 32.6 Å². The summed E-state index contributed by atoms with van der Waals surface area (Å²) in [5.41, 5.74) is 0. The van der Waals surface area contributed by atoms with E-state index >= 15 is 0 Å². The molecule has 4 N–H and O–H groups in total. The lowest BCUT2D eigenvalue weighted by molar-refractivity contribution is 0.119. The highest BCUT2D eigenvalue weighted by atomic mass is 32.2. The van der Waals surface area contributed by atoms with Crippen molar-refractivity contribution in [2.75, 3.05) is 23.0 Å². The predicted octanol–water partition coefficient (Wildman–Crippen LogP) is 9.01. The predicted molar refractivity (Wildman–Crippen MR) is 188 cm³/mol. The average molecular weight is 653 g/mol. The van der Waals surface area contributed by atoms with E-state index in [1.807, 2.05) is 47.0 Å². The van der Waals surface area contributed by atoms with Gasteiger partial charge in [-0.15, -0.1) is 47.0 Å². The van der Waals surface area contributed by atoms with Gasteiger partial charge in [0.2, 0.25) is 0 Å². The Hall–Kier alpha value is 1.24. The largest absolute Gasteiger partial charge is 0.393 e. The van der Waals surface area contributed by atoms with Gasteiger partial charge in [0.25, 0.3) is 0 Å². The Bertz CT molecular complexity index is 576. The molecule has 0 aliphatic carbocycles. The highest BCUT2D eigenvalue weighted by Crippen LogP contribution is 2.52. The Kier molecular flexibility index (Phi) is 21.3. The van der Waals surface area contributed by atoms with E-state index in [-0.39, 0.29) is 32.6 Å². The van der Waals surface area contributed by atoms with Crippen molar-refractivity contribution in [3.8, 4) is 0 Å². The van der Waals surface area contributed by atoms with Crippen LogP contribution >= 0.6 is 47.0 Å². The van der Waals surface area contributed by atoms with Gasteiger partial charge in [0.15, 0.2) is 0 Å². The fourth-order valence-electron chi connectivity index (χ4n) is 6.38. The molecule has 0 aromatic rings. The smallest absolute Gasteiger partial charge is 0.0660 e. The Morgan fingerprint density at radius 2 is 0.659 bits per heavy atom. The molecule has 2 heterocycles. The van der Waals surface area contributed by atoms with Gasteiger partial charge in [-0.2, -0.15) is 0 Å². The maximum Gasteiger partial charge on any atom is 0.0660 e.